The van der Waals surface area contributed by atoms with Crippen molar-refractivity contribution in [1.29, 1.82) is 0 Å². The van der Waals surface area contributed by atoms with Crippen molar-refractivity contribution < 1.29 is 4.79 Å². The summed E-state index contributed by atoms with van der Waals surface area (Å²) in [6, 6.07) is 0. The van der Waals surface area contributed by atoms with Crippen LogP contribution in [0.2, 0.25) is 0 Å². The van der Waals surface area contributed by atoms with Crippen molar-refractivity contribution in [2.45, 2.75) is 19.5 Å². The van der Waals surface area contributed by atoms with Gasteiger partial charge in [-0.15, -0.1) is 0 Å². The van der Waals surface area contributed by atoms with Gasteiger partial charge >= 0.3 is 0 Å². The summed E-state index contributed by atoms with van der Waals surface area (Å²) in [4.78, 5) is 19.6. The maximum atomic E-state index is 13.0. The van der Waals surface area contributed by atoms with Crippen LogP contribution >= 0.6 is 0 Å². The number of hydrogen-bond donors (Lipinski definition) is 0. The van der Waals surface area contributed by atoms with Crippen LogP contribution < -0.4 is 0 Å². The van der Waals surface area contributed by atoms with E-state index >= 15 is 0 Å². The summed E-state index contributed by atoms with van der Waals surface area (Å²) in [7, 11) is 5.99. The van der Waals surface area contributed by atoms with Crippen molar-refractivity contribution in [3.8, 4) is 0 Å². The molecule has 1 fully saturated rings. The van der Waals surface area contributed by atoms with Gasteiger partial charge < -0.3 is 9.80 Å². The van der Waals surface area contributed by atoms with Gasteiger partial charge in [-0.3, -0.25) is 19.1 Å². The molecule has 0 atom stereocenters. The van der Waals surface area contributed by atoms with Crippen molar-refractivity contribution in [1.82, 2.24) is 34.3 Å². The molecule has 0 saturated carbocycles. The smallest absolute Gasteiger partial charge is 0.274 e. The minimum Gasteiger partial charge on any atom is -0.335 e. The average Bonchev–Trinajstić information content (AvgIpc) is 3.18. The molecule has 1 amide bonds. The van der Waals surface area contributed by atoms with Crippen LogP contribution in [0.3, 0.4) is 0 Å². The Morgan fingerprint density at radius 1 is 1.12 bits per heavy atom. The van der Waals surface area contributed by atoms with Crippen molar-refractivity contribution in [3.63, 3.8) is 0 Å². The summed E-state index contributed by atoms with van der Waals surface area (Å²) in [6.07, 6.45) is 4.85. The fourth-order valence-corrected chi connectivity index (χ4v) is 3.90. The number of nitrogens with zero attached hydrogens (tertiary/aromatic N) is 7. The molecule has 0 unspecified atom stereocenters. The second kappa shape index (κ2) is 6.85. The molecule has 2 aliphatic rings. The number of aryl methyl sites for hydroxylation is 2. The number of carbonyl (C=O) groups is 1. The van der Waals surface area contributed by atoms with Crippen molar-refractivity contribution >= 4 is 5.91 Å². The number of aromatic nitrogens is 4. The number of rotatable bonds is 3. The Morgan fingerprint density at radius 3 is 2.58 bits per heavy atom. The fourth-order valence-electron chi connectivity index (χ4n) is 3.90. The Kier molecular flexibility index (Phi) is 4.54. The predicted molar refractivity (Wildman–Crippen MR) is 97.6 cm³/mol. The summed E-state index contributed by atoms with van der Waals surface area (Å²) >= 11 is 0. The third-order valence-corrected chi connectivity index (χ3v) is 5.48. The largest absolute Gasteiger partial charge is 0.335 e. The van der Waals surface area contributed by atoms with Crippen LogP contribution in [-0.4, -0.2) is 79.9 Å². The second-order valence-electron chi connectivity index (χ2n) is 7.48. The molecule has 2 aromatic heterocycles. The number of fused-ring (bicyclic) bond motifs is 1. The van der Waals surface area contributed by atoms with Gasteiger partial charge in [0, 0.05) is 77.2 Å². The zero-order valence-corrected chi connectivity index (χ0v) is 15.9. The first-order valence-corrected chi connectivity index (χ1v) is 9.23. The third-order valence-electron chi connectivity index (χ3n) is 5.48. The Bertz CT molecular complexity index is 801. The highest BCUT2D eigenvalue weighted by Crippen LogP contribution is 2.24. The first-order chi connectivity index (χ1) is 12.5. The molecule has 8 nitrogen and oxygen atoms in total. The van der Waals surface area contributed by atoms with Crippen LogP contribution in [0.15, 0.2) is 12.4 Å². The van der Waals surface area contributed by atoms with Crippen LogP contribution in [0.5, 0.6) is 0 Å². The van der Waals surface area contributed by atoms with E-state index in [2.05, 4.69) is 33.2 Å². The first kappa shape index (κ1) is 17.2. The Balaban J connectivity index is 1.49. The van der Waals surface area contributed by atoms with E-state index in [4.69, 9.17) is 0 Å². The molecule has 2 aromatic rings. The minimum atomic E-state index is 0.0932. The molecule has 8 heteroatoms. The van der Waals surface area contributed by atoms with Crippen molar-refractivity contribution in [3.05, 3.63) is 34.9 Å². The standard InChI is InChI=1S/C18H27N7O/c1-21-6-8-25(9-7-21)18(26)17-15-4-5-24(13-16(15)23(3)20-17)12-14-10-19-22(2)11-14/h10-11H,4-9,12-13H2,1-3H3. The van der Waals surface area contributed by atoms with Gasteiger partial charge in [-0.05, 0) is 13.5 Å². The van der Waals surface area contributed by atoms with Gasteiger partial charge in [-0.1, -0.05) is 0 Å². The summed E-state index contributed by atoms with van der Waals surface area (Å²) in [5, 5.41) is 8.85. The van der Waals surface area contributed by atoms with E-state index in [-0.39, 0.29) is 5.91 Å². The SMILES string of the molecule is CN1CCN(C(=O)c2nn(C)c3c2CCN(Cc2cnn(C)c2)C3)CC1. The summed E-state index contributed by atoms with van der Waals surface area (Å²) in [5.74, 6) is 0.0932. The van der Waals surface area contributed by atoms with E-state index < -0.39 is 0 Å². The topological polar surface area (TPSA) is 62.4 Å². The molecule has 4 heterocycles. The molecule has 26 heavy (non-hydrogen) atoms. The van der Waals surface area contributed by atoms with Gasteiger partial charge in [-0.2, -0.15) is 10.2 Å². The number of amides is 1. The molecule has 0 aromatic carbocycles. The fraction of sp³-hybridized carbons (Fsp3) is 0.611. The maximum absolute atomic E-state index is 13.0. The molecule has 0 spiro atoms. The summed E-state index contributed by atoms with van der Waals surface area (Å²) in [5.41, 5.74) is 4.18. The monoisotopic (exact) mass is 357 g/mol. The van der Waals surface area contributed by atoms with E-state index in [1.165, 1.54) is 5.56 Å². The lowest BCUT2D eigenvalue weighted by Crippen LogP contribution is -2.47. The molecule has 2 aliphatic heterocycles. The lowest BCUT2D eigenvalue weighted by molar-refractivity contribution is 0.0656. The van der Waals surface area contributed by atoms with Crippen LogP contribution in [-0.2, 0) is 33.6 Å². The lowest BCUT2D eigenvalue weighted by Gasteiger charge is -2.32. The number of piperazine rings is 1. The summed E-state index contributed by atoms with van der Waals surface area (Å²) in [6.45, 7) is 6.07. The normalized spacial score (nSPS) is 19.0. The Labute approximate surface area is 154 Å². The zero-order valence-electron chi connectivity index (χ0n) is 15.9. The number of carbonyl (C=O) groups excluding carboxylic acids is 1. The average molecular weight is 357 g/mol. The van der Waals surface area contributed by atoms with E-state index in [1.807, 2.05) is 34.6 Å². The van der Waals surface area contributed by atoms with Gasteiger partial charge in [0.2, 0.25) is 0 Å². The van der Waals surface area contributed by atoms with E-state index in [0.29, 0.717) is 5.69 Å². The molecular weight excluding hydrogens is 330 g/mol. The summed E-state index contributed by atoms with van der Waals surface area (Å²) < 4.78 is 3.73. The minimum absolute atomic E-state index is 0.0932. The first-order valence-electron chi connectivity index (χ1n) is 9.23. The zero-order chi connectivity index (χ0) is 18.3. The van der Waals surface area contributed by atoms with Gasteiger partial charge in [0.15, 0.2) is 5.69 Å². The maximum Gasteiger partial charge on any atom is 0.274 e. The molecule has 140 valence electrons. The number of likely N-dealkylation sites (N-methyl/N-ethyl adjacent to an activating group) is 1. The third kappa shape index (κ3) is 3.26. The number of hydrogen-bond acceptors (Lipinski definition) is 5. The van der Waals surface area contributed by atoms with E-state index in [0.717, 1.165) is 63.5 Å². The molecule has 0 bridgehead atoms. The van der Waals surface area contributed by atoms with Crippen LogP contribution in [0, 0.1) is 0 Å². The van der Waals surface area contributed by atoms with Crippen molar-refractivity contribution in [2.24, 2.45) is 14.1 Å². The lowest BCUT2D eigenvalue weighted by atomic mass is 10.0. The molecular formula is C18H27N7O. The van der Waals surface area contributed by atoms with Gasteiger partial charge in [0.1, 0.15) is 0 Å². The molecule has 0 N–H and O–H groups in total. The van der Waals surface area contributed by atoms with E-state index in [9.17, 15) is 4.79 Å². The van der Waals surface area contributed by atoms with Gasteiger partial charge in [-0.25, -0.2) is 0 Å². The second-order valence-corrected chi connectivity index (χ2v) is 7.48. The predicted octanol–water partition coefficient (Wildman–Crippen LogP) is 0.0995. The van der Waals surface area contributed by atoms with Gasteiger partial charge in [0.25, 0.3) is 5.91 Å². The van der Waals surface area contributed by atoms with Crippen LogP contribution in [0.25, 0.3) is 0 Å². The highest BCUT2D eigenvalue weighted by molar-refractivity contribution is 5.94. The van der Waals surface area contributed by atoms with Gasteiger partial charge in [0.05, 0.1) is 11.9 Å². The molecule has 1 saturated heterocycles. The molecule has 0 aliphatic carbocycles. The van der Waals surface area contributed by atoms with Crippen LogP contribution in [0.1, 0.15) is 27.3 Å². The Morgan fingerprint density at radius 2 is 1.88 bits per heavy atom. The Hall–Kier alpha value is -2.19. The molecule has 0 radical (unpaired) electrons. The highest BCUT2D eigenvalue weighted by atomic mass is 16.2. The van der Waals surface area contributed by atoms with Crippen LogP contribution in [0.4, 0.5) is 0 Å². The van der Waals surface area contributed by atoms with Crippen molar-refractivity contribution in [2.75, 3.05) is 39.8 Å². The molecule has 4 rings (SSSR count). The van der Waals surface area contributed by atoms with E-state index in [1.54, 1.807) is 0 Å². The quantitative estimate of drug-likeness (QED) is 0.780. The highest BCUT2D eigenvalue weighted by Gasteiger charge is 2.30.